The summed E-state index contributed by atoms with van der Waals surface area (Å²) in [5, 5.41) is 0.673. The first-order valence-electron chi connectivity index (χ1n) is 3.31. The van der Waals surface area contributed by atoms with Crippen LogP contribution in [-0.2, 0) is 4.74 Å². The monoisotopic (exact) mass is 250 g/mol. The van der Waals surface area contributed by atoms with Crippen LogP contribution in [0.5, 0.6) is 5.75 Å². The smallest absolute Gasteiger partial charge is 0.188 e. The van der Waals surface area contributed by atoms with E-state index in [1.54, 1.807) is 25.3 Å². The number of halogens is 2. The SMILES string of the molecule is COCOc1ccc(Cl)cc1Br. The molecule has 0 saturated carbocycles. The lowest BCUT2D eigenvalue weighted by atomic mass is 10.3. The number of hydrogen-bond donors (Lipinski definition) is 0. The van der Waals surface area contributed by atoms with Crippen LogP contribution in [0.15, 0.2) is 22.7 Å². The van der Waals surface area contributed by atoms with Crippen LogP contribution in [0.25, 0.3) is 0 Å². The maximum absolute atomic E-state index is 5.73. The van der Waals surface area contributed by atoms with E-state index in [9.17, 15) is 0 Å². The third-order valence-corrected chi connectivity index (χ3v) is 2.08. The van der Waals surface area contributed by atoms with E-state index in [2.05, 4.69) is 15.9 Å². The van der Waals surface area contributed by atoms with Crippen LogP contribution >= 0.6 is 27.5 Å². The highest BCUT2D eigenvalue weighted by Gasteiger charge is 2.00. The van der Waals surface area contributed by atoms with E-state index < -0.39 is 0 Å². The number of rotatable bonds is 3. The van der Waals surface area contributed by atoms with Crippen LogP contribution in [-0.4, -0.2) is 13.9 Å². The lowest BCUT2D eigenvalue weighted by Crippen LogP contribution is -1.98. The molecule has 0 amide bonds. The summed E-state index contributed by atoms with van der Waals surface area (Å²) in [6.07, 6.45) is 0. The minimum Gasteiger partial charge on any atom is -0.466 e. The Kier molecular flexibility index (Phi) is 3.85. The standard InChI is InChI=1S/C8H8BrClO2/c1-11-5-12-8-3-2-6(10)4-7(8)9/h2-4H,5H2,1H3. The zero-order valence-corrected chi connectivity index (χ0v) is 8.85. The van der Waals surface area contributed by atoms with E-state index in [0.29, 0.717) is 5.02 Å². The largest absolute Gasteiger partial charge is 0.466 e. The van der Waals surface area contributed by atoms with Crippen molar-refractivity contribution in [1.29, 1.82) is 0 Å². The minimum absolute atomic E-state index is 0.236. The Morgan fingerprint density at radius 2 is 2.25 bits per heavy atom. The minimum atomic E-state index is 0.236. The van der Waals surface area contributed by atoms with Crippen molar-refractivity contribution in [1.82, 2.24) is 0 Å². The maximum atomic E-state index is 5.73. The van der Waals surface area contributed by atoms with Crippen molar-refractivity contribution in [3.63, 3.8) is 0 Å². The Hall–Kier alpha value is -0.250. The third-order valence-electron chi connectivity index (χ3n) is 1.23. The summed E-state index contributed by atoms with van der Waals surface area (Å²) >= 11 is 9.05. The van der Waals surface area contributed by atoms with E-state index in [0.717, 1.165) is 10.2 Å². The molecule has 0 fully saturated rings. The molecule has 0 saturated heterocycles. The van der Waals surface area contributed by atoms with Gasteiger partial charge in [0.05, 0.1) is 4.47 Å². The second-order valence-corrected chi connectivity index (χ2v) is 3.42. The molecule has 0 aliphatic carbocycles. The lowest BCUT2D eigenvalue weighted by Gasteiger charge is -2.06. The summed E-state index contributed by atoms with van der Waals surface area (Å²) in [6, 6.07) is 5.31. The Morgan fingerprint density at radius 3 is 2.83 bits per heavy atom. The summed E-state index contributed by atoms with van der Waals surface area (Å²) in [5.74, 6) is 0.723. The van der Waals surface area contributed by atoms with Gasteiger partial charge in [-0.05, 0) is 34.1 Å². The molecule has 0 aliphatic heterocycles. The Bertz CT molecular complexity index is 265. The van der Waals surface area contributed by atoms with E-state index in [-0.39, 0.29) is 6.79 Å². The number of ether oxygens (including phenoxy) is 2. The van der Waals surface area contributed by atoms with E-state index in [1.807, 2.05) is 0 Å². The molecule has 0 spiro atoms. The van der Waals surface area contributed by atoms with E-state index in [4.69, 9.17) is 21.1 Å². The highest BCUT2D eigenvalue weighted by molar-refractivity contribution is 9.10. The molecule has 66 valence electrons. The zero-order valence-electron chi connectivity index (χ0n) is 6.51. The van der Waals surface area contributed by atoms with Crippen molar-refractivity contribution in [2.45, 2.75) is 0 Å². The summed E-state index contributed by atoms with van der Waals surface area (Å²) in [7, 11) is 1.57. The highest BCUT2D eigenvalue weighted by atomic mass is 79.9. The molecule has 0 heterocycles. The molecule has 0 N–H and O–H groups in total. The molecular formula is C8H8BrClO2. The second kappa shape index (κ2) is 4.70. The average Bonchev–Trinajstić information content (AvgIpc) is 2.03. The first kappa shape index (κ1) is 9.84. The lowest BCUT2D eigenvalue weighted by molar-refractivity contribution is 0.0506. The van der Waals surface area contributed by atoms with Crippen LogP contribution < -0.4 is 4.74 Å². The Labute approximate surface area is 84.6 Å². The van der Waals surface area contributed by atoms with Crippen LogP contribution in [0.2, 0.25) is 5.02 Å². The summed E-state index contributed by atoms with van der Waals surface area (Å²) < 4.78 is 10.8. The topological polar surface area (TPSA) is 18.5 Å². The molecule has 4 heteroatoms. The Morgan fingerprint density at radius 1 is 1.50 bits per heavy atom. The first-order chi connectivity index (χ1) is 5.74. The van der Waals surface area contributed by atoms with Crippen molar-refractivity contribution in [2.75, 3.05) is 13.9 Å². The van der Waals surface area contributed by atoms with Gasteiger partial charge in [-0.25, -0.2) is 0 Å². The molecule has 0 aliphatic rings. The molecule has 0 radical (unpaired) electrons. The van der Waals surface area contributed by atoms with Gasteiger partial charge in [0.25, 0.3) is 0 Å². The molecule has 1 aromatic carbocycles. The molecular weight excluding hydrogens is 243 g/mol. The van der Waals surface area contributed by atoms with Gasteiger partial charge in [0, 0.05) is 12.1 Å². The van der Waals surface area contributed by atoms with E-state index >= 15 is 0 Å². The van der Waals surface area contributed by atoms with Crippen LogP contribution in [0.4, 0.5) is 0 Å². The van der Waals surface area contributed by atoms with Gasteiger partial charge >= 0.3 is 0 Å². The molecule has 0 unspecified atom stereocenters. The fraction of sp³-hybridized carbons (Fsp3) is 0.250. The van der Waals surface area contributed by atoms with E-state index in [1.165, 1.54) is 0 Å². The van der Waals surface area contributed by atoms with Crippen molar-refractivity contribution in [2.24, 2.45) is 0 Å². The van der Waals surface area contributed by atoms with Crippen molar-refractivity contribution >= 4 is 27.5 Å². The normalized spacial score (nSPS) is 9.92. The summed E-state index contributed by atoms with van der Waals surface area (Å²) in [4.78, 5) is 0. The first-order valence-corrected chi connectivity index (χ1v) is 4.48. The van der Waals surface area contributed by atoms with Gasteiger partial charge in [0.1, 0.15) is 5.75 Å². The predicted molar refractivity (Wildman–Crippen MR) is 51.7 cm³/mol. The van der Waals surface area contributed by atoms with Gasteiger partial charge in [0.2, 0.25) is 0 Å². The highest BCUT2D eigenvalue weighted by Crippen LogP contribution is 2.27. The summed E-state index contributed by atoms with van der Waals surface area (Å²) in [5.41, 5.74) is 0. The second-order valence-electron chi connectivity index (χ2n) is 2.13. The van der Waals surface area contributed by atoms with Crippen LogP contribution in [0.3, 0.4) is 0 Å². The predicted octanol–water partition coefficient (Wildman–Crippen LogP) is 3.09. The van der Waals surface area contributed by atoms with Gasteiger partial charge in [-0.15, -0.1) is 0 Å². The molecule has 1 rings (SSSR count). The van der Waals surface area contributed by atoms with Crippen molar-refractivity contribution in [3.8, 4) is 5.75 Å². The van der Waals surface area contributed by atoms with Crippen LogP contribution in [0.1, 0.15) is 0 Å². The van der Waals surface area contributed by atoms with Crippen LogP contribution in [0, 0.1) is 0 Å². The van der Waals surface area contributed by atoms with Gasteiger partial charge in [0.15, 0.2) is 6.79 Å². The van der Waals surface area contributed by atoms with Gasteiger partial charge in [-0.2, -0.15) is 0 Å². The number of methoxy groups -OCH3 is 1. The Balaban J connectivity index is 2.72. The van der Waals surface area contributed by atoms with Crippen molar-refractivity contribution < 1.29 is 9.47 Å². The zero-order chi connectivity index (χ0) is 8.97. The average molecular weight is 252 g/mol. The fourth-order valence-electron chi connectivity index (χ4n) is 0.715. The van der Waals surface area contributed by atoms with Gasteiger partial charge < -0.3 is 9.47 Å². The molecule has 2 nitrogen and oxygen atoms in total. The molecule has 0 atom stereocenters. The number of hydrogen-bond acceptors (Lipinski definition) is 2. The maximum Gasteiger partial charge on any atom is 0.188 e. The molecule has 1 aromatic rings. The van der Waals surface area contributed by atoms with Crippen molar-refractivity contribution in [3.05, 3.63) is 27.7 Å². The third kappa shape index (κ3) is 2.66. The van der Waals surface area contributed by atoms with Gasteiger partial charge in [-0.3, -0.25) is 0 Å². The summed E-state index contributed by atoms with van der Waals surface area (Å²) in [6.45, 7) is 0.236. The van der Waals surface area contributed by atoms with Gasteiger partial charge in [-0.1, -0.05) is 11.6 Å². The molecule has 0 bridgehead atoms. The molecule has 0 aromatic heterocycles. The fourth-order valence-corrected chi connectivity index (χ4v) is 1.51. The molecule has 12 heavy (non-hydrogen) atoms. The quantitative estimate of drug-likeness (QED) is 0.769. The number of benzene rings is 1.